The van der Waals surface area contributed by atoms with Crippen LogP contribution in [0.3, 0.4) is 0 Å². The van der Waals surface area contributed by atoms with E-state index >= 15 is 0 Å². The van der Waals surface area contributed by atoms with Gasteiger partial charge in [0.1, 0.15) is 0 Å². The molecular weight excluding hydrogens is 269 g/mol. The van der Waals surface area contributed by atoms with Crippen LogP contribution in [0.25, 0.3) is 0 Å². The van der Waals surface area contributed by atoms with Crippen molar-refractivity contribution in [2.24, 2.45) is 0 Å². The summed E-state index contributed by atoms with van der Waals surface area (Å²) >= 11 is 0.150. The summed E-state index contributed by atoms with van der Waals surface area (Å²) in [5.74, 6) is 0. The van der Waals surface area contributed by atoms with Gasteiger partial charge in [0.15, 0.2) is 0 Å². The number of aromatic nitrogens is 2. The third kappa shape index (κ3) is 2.59. The van der Waals surface area contributed by atoms with Crippen molar-refractivity contribution in [3.05, 3.63) is 5.01 Å². The summed E-state index contributed by atoms with van der Waals surface area (Å²) in [5, 5.41) is 4.46. The van der Waals surface area contributed by atoms with Crippen LogP contribution in [-0.2, 0) is 16.4 Å². The van der Waals surface area contributed by atoms with Crippen LogP contribution in [-0.4, -0.2) is 32.7 Å². The number of anilines is 1. The zero-order valence-corrected chi connectivity index (χ0v) is 9.74. The molecule has 0 saturated heterocycles. The maximum absolute atomic E-state index is 12.2. The molecule has 11 heteroatoms. The molecule has 0 atom stereocenters. The zero-order chi connectivity index (χ0) is 12.6. The lowest BCUT2D eigenvalue weighted by Gasteiger charge is -2.13. The van der Waals surface area contributed by atoms with E-state index in [0.717, 1.165) is 14.1 Å². The third-order valence-corrected chi connectivity index (χ3v) is 4.11. The fraction of sp³-hybridized carbons (Fsp3) is 0.600. The van der Waals surface area contributed by atoms with Crippen molar-refractivity contribution in [2.75, 3.05) is 18.4 Å². The lowest BCUT2D eigenvalue weighted by Crippen LogP contribution is -2.35. The predicted octanol–water partition coefficient (Wildman–Crippen LogP) is 0.457. The van der Waals surface area contributed by atoms with Gasteiger partial charge < -0.3 is 0 Å². The van der Waals surface area contributed by atoms with Crippen LogP contribution in [0.2, 0.25) is 0 Å². The Bertz CT molecular complexity index is 468. The Kier molecular flexibility index (Phi) is 3.40. The van der Waals surface area contributed by atoms with E-state index in [0.29, 0.717) is 4.31 Å². The monoisotopic (exact) mass is 276 g/mol. The van der Waals surface area contributed by atoms with Crippen LogP contribution in [0.4, 0.5) is 18.3 Å². The first-order valence-electron chi connectivity index (χ1n) is 3.76. The molecule has 6 nitrogen and oxygen atoms in total. The second-order valence-corrected chi connectivity index (χ2v) is 5.43. The lowest BCUT2D eigenvalue weighted by atomic mass is 10.7. The van der Waals surface area contributed by atoms with Crippen LogP contribution in [0.5, 0.6) is 0 Å². The Labute approximate surface area is 93.3 Å². The molecule has 0 aliphatic heterocycles. The molecule has 0 bridgehead atoms. The summed E-state index contributed by atoms with van der Waals surface area (Å²) in [5.41, 5.74) is 0. The highest BCUT2D eigenvalue weighted by Gasteiger charge is 2.36. The smallest absolute Gasteiger partial charge is 0.234 e. The summed E-state index contributed by atoms with van der Waals surface area (Å²) in [6.45, 7) is 0. The highest BCUT2D eigenvalue weighted by molar-refractivity contribution is 7.91. The number of nitrogens with one attached hydrogen (secondary N) is 1. The van der Waals surface area contributed by atoms with Gasteiger partial charge in [0.2, 0.25) is 10.1 Å². The van der Waals surface area contributed by atoms with Crippen molar-refractivity contribution >= 4 is 26.7 Å². The highest BCUT2D eigenvalue weighted by Crippen LogP contribution is 2.34. The van der Waals surface area contributed by atoms with E-state index in [2.05, 4.69) is 10.2 Å². The van der Waals surface area contributed by atoms with Crippen molar-refractivity contribution in [1.82, 2.24) is 14.9 Å². The predicted molar refractivity (Wildman–Crippen MR) is 51.3 cm³/mol. The van der Waals surface area contributed by atoms with Gasteiger partial charge in [0, 0.05) is 14.1 Å². The molecule has 0 saturated carbocycles. The summed E-state index contributed by atoms with van der Waals surface area (Å²) < 4.78 is 61.5. The largest absolute Gasteiger partial charge is 0.445 e. The molecule has 1 N–H and O–H groups in total. The van der Waals surface area contributed by atoms with Crippen molar-refractivity contribution in [3.63, 3.8) is 0 Å². The molecule has 1 aromatic rings. The normalized spacial score (nSPS) is 12.8. The van der Waals surface area contributed by atoms with E-state index in [1.165, 1.54) is 0 Å². The van der Waals surface area contributed by atoms with Crippen molar-refractivity contribution in [1.29, 1.82) is 0 Å². The lowest BCUT2D eigenvalue weighted by molar-refractivity contribution is -0.138. The van der Waals surface area contributed by atoms with Crippen LogP contribution in [0.1, 0.15) is 5.01 Å². The van der Waals surface area contributed by atoms with Crippen LogP contribution >= 0.6 is 11.3 Å². The number of halogens is 3. The Morgan fingerprint density at radius 3 is 2.31 bits per heavy atom. The number of hydrogen-bond acceptors (Lipinski definition) is 5. The standard InChI is InChI=1S/C5H7F3N4O2S2/c1-9-16(13,14)12(2)4-11-10-3(15-4)5(6,7)8/h9H,1-2H3. The van der Waals surface area contributed by atoms with Crippen LogP contribution in [0, 0.1) is 0 Å². The first-order valence-corrected chi connectivity index (χ1v) is 6.02. The number of nitrogens with zero attached hydrogens (tertiary/aromatic N) is 3. The molecule has 1 heterocycles. The quantitative estimate of drug-likeness (QED) is 0.870. The van der Waals surface area contributed by atoms with Crippen LogP contribution < -0.4 is 9.03 Å². The average molecular weight is 276 g/mol. The van der Waals surface area contributed by atoms with Gasteiger partial charge in [-0.15, -0.1) is 10.2 Å². The first kappa shape index (κ1) is 13.1. The van der Waals surface area contributed by atoms with Crippen molar-refractivity contribution in [2.45, 2.75) is 6.18 Å². The minimum atomic E-state index is -4.62. The molecule has 0 aliphatic rings. The molecule has 0 amide bonds. The fourth-order valence-corrected chi connectivity index (χ4v) is 2.20. The SMILES string of the molecule is CNS(=O)(=O)N(C)c1nnc(C(F)(F)F)s1. The Hall–Kier alpha value is -0.940. The van der Waals surface area contributed by atoms with E-state index in [9.17, 15) is 21.6 Å². The highest BCUT2D eigenvalue weighted by atomic mass is 32.2. The second-order valence-electron chi connectivity index (χ2n) is 2.56. The van der Waals surface area contributed by atoms with E-state index < -0.39 is 21.4 Å². The zero-order valence-electron chi connectivity index (χ0n) is 8.11. The molecule has 0 aromatic carbocycles. The van der Waals surface area contributed by atoms with Gasteiger partial charge in [-0.1, -0.05) is 11.3 Å². The molecule has 1 rings (SSSR count). The number of hydrogen-bond donors (Lipinski definition) is 1. The van der Waals surface area contributed by atoms with E-state index in [-0.39, 0.29) is 16.5 Å². The molecule has 16 heavy (non-hydrogen) atoms. The number of alkyl halides is 3. The molecule has 0 aliphatic carbocycles. The summed E-state index contributed by atoms with van der Waals surface area (Å²) in [7, 11) is -1.65. The molecule has 0 fully saturated rings. The summed E-state index contributed by atoms with van der Waals surface area (Å²) in [6.07, 6.45) is -4.62. The summed E-state index contributed by atoms with van der Waals surface area (Å²) in [6, 6.07) is 0. The average Bonchev–Trinajstić information content (AvgIpc) is 2.64. The van der Waals surface area contributed by atoms with Gasteiger partial charge in [-0.25, -0.2) is 9.03 Å². The minimum Gasteiger partial charge on any atom is -0.234 e. The molecule has 1 aromatic heterocycles. The van der Waals surface area contributed by atoms with Crippen molar-refractivity contribution < 1.29 is 21.6 Å². The molecular formula is C5H7F3N4O2S2. The van der Waals surface area contributed by atoms with E-state index in [1.54, 1.807) is 0 Å². The maximum atomic E-state index is 12.2. The second kappa shape index (κ2) is 4.14. The molecule has 0 radical (unpaired) electrons. The Morgan fingerprint density at radius 2 is 1.94 bits per heavy atom. The van der Waals surface area contributed by atoms with E-state index in [4.69, 9.17) is 0 Å². The molecule has 0 spiro atoms. The molecule has 0 unspecified atom stereocenters. The maximum Gasteiger partial charge on any atom is 0.445 e. The van der Waals surface area contributed by atoms with Crippen LogP contribution in [0.15, 0.2) is 0 Å². The Morgan fingerprint density at radius 1 is 1.38 bits per heavy atom. The number of rotatable bonds is 3. The van der Waals surface area contributed by atoms with Gasteiger partial charge in [-0.05, 0) is 0 Å². The van der Waals surface area contributed by atoms with Gasteiger partial charge >= 0.3 is 16.4 Å². The van der Waals surface area contributed by atoms with Gasteiger partial charge in [0.25, 0.3) is 0 Å². The van der Waals surface area contributed by atoms with Gasteiger partial charge in [-0.2, -0.15) is 21.6 Å². The fourth-order valence-electron chi connectivity index (χ4n) is 0.697. The van der Waals surface area contributed by atoms with Gasteiger partial charge in [0.05, 0.1) is 0 Å². The first-order chi connectivity index (χ1) is 7.18. The van der Waals surface area contributed by atoms with Crippen molar-refractivity contribution in [3.8, 4) is 0 Å². The topological polar surface area (TPSA) is 75.2 Å². The summed E-state index contributed by atoms with van der Waals surface area (Å²) in [4.78, 5) is 0. The third-order valence-electron chi connectivity index (χ3n) is 1.54. The Balaban J connectivity index is 3.04. The minimum absolute atomic E-state index is 0.150. The molecule has 92 valence electrons. The van der Waals surface area contributed by atoms with Gasteiger partial charge in [-0.3, -0.25) is 0 Å². The van der Waals surface area contributed by atoms with E-state index in [1.807, 2.05) is 4.72 Å².